The molecule has 0 fully saturated rings. The smallest absolute Gasteiger partial charge is 0.409 e. The highest BCUT2D eigenvalue weighted by Crippen LogP contribution is 2.04. The van der Waals surface area contributed by atoms with E-state index in [1.165, 1.54) is 16.2 Å². The van der Waals surface area contributed by atoms with Gasteiger partial charge >= 0.3 is 6.09 Å². The lowest BCUT2D eigenvalue weighted by Gasteiger charge is -2.14. The Bertz CT molecular complexity index is 261. The molecule has 1 aromatic heterocycles. The first-order valence-corrected chi connectivity index (χ1v) is 4.93. The molecule has 5 heteroatoms. The summed E-state index contributed by atoms with van der Waals surface area (Å²) in [7, 11) is 1.69. The second kappa shape index (κ2) is 4.81. The van der Waals surface area contributed by atoms with Gasteiger partial charge in [-0.15, -0.1) is 11.3 Å². The zero-order valence-corrected chi connectivity index (χ0v) is 8.50. The van der Waals surface area contributed by atoms with E-state index in [9.17, 15) is 4.79 Å². The molecule has 1 aromatic rings. The van der Waals surface area contributed by atoms with Gasteiger partial charge in [0.25, 0.3) is 0 Å². The highest BCUT2D eigenvalue weighted by atomic mass is 32.1. The van der Waals surface area contributed by atoms with Crippen molar-refractivity contribution in [3.05, 3.63) is 16.6 Å². The summed E-state index contributed by atoms with van der Waals surface area (Å²) in [6.07, 6.45) is -0.310. The lowest BCUT2D eigenvalue weighted by atomic mass is 10.4. The van der Waals surface area contributed by atoms with E-state index in [0.717, 1.165) is 5.69 Å². The van der Waals surface area contributed by atoms with E-state index in [4.69, 9.17) is 4.74 Å². The Labute approximate surface area is 81.2 Å². The molecule has 0 aliphatic rings. The summed E-state index contributed by atoms with van der Waals surface area (Å²) in [5.74, 6) is 0. The molecule has 1 rings (SSSR count). The Balaban J connectivity index is 2.41. The maximum atomic E-state index is 11.1. The molecule has 1 amide bonds. The number of nitrogens with zero attached hydrogens (tertiary/aromatic N) is 2. The molecule has 0 radical (unpaired) electrons. The third-order valence-corrected chi connectivity index (χ3v) is 2.10. The fourth-order valence-corrected chi connectivity index (χ4v) is 1.41. The molecule has 0 aliphatic heterocycles. The van der Waals surface area contributed by atoms with Crippen molar-refractivity contribution in [1.82, 2.24) is 9.88 Å². The van der Waals surface area contributed by atoms with Gasteiger partial charge in [0.2, 0.25) is 0 Å². The van der Waals surface area contributed by atoms with Crippen LogP contribution < -0.4 is 0 Å². The minimum atomic E-state index is -0.310. The summed E-state index contributed by atoms with van der Waals surface area (Å²) in [4.78, 5) is 16.7. The van der Waals surface area contributed by atoms with E-state index in [2.05, 4.69) is 4.98 Å². The quantitative estimate of drug-likeness (QED) is 0.746. The fourth-order valence-electron chi connectivity index (χ4n) is 0.857. The molecule has 0 aliphatic carbocycles. The molecule has 0 saturated carbocycles. The van der Waals surface area contributed by atoms with Crippen molar-refractivity contribution in [2.75, 3.05) is 13.7 Å². The van der Waals surface area contributed by atoms with Gasteiger partial charge in [-0.3, -0.25) is 0 Å². The number of aromatic nitrogens is 1. The zero-order valence-electron chi connectivity index (χ0n) is 7.69. The van der Waals surface area contributed by atoms with Crippen molar-refractivity contribution in [2.24, 2.45) is 0 Å². The Hall–Kier alpha value is -1.10. The zero-order chi connectivity index (χ0) is 9.68. The molecule has 0 aromatic carbocycles. The van der Waals surface area contributed by atoms with Crippen molar-refractivity contribution < 1.29 is 9.53 Å². The summed E-state index contributed by atoms with van der Waals surface area (Å²) in [6, 6.07) is 0. The van der Waals surface area contributed by atoms with E-state index in [1.807, 2.05) is 5.38 Å². The molecule has 0 N–H and O–H groups in total. The molecule has 13 heavy (non-hydrogen) atoms. The summed E-state index contributed by atoms with van der Waals surface area (Å²) < 4.78 is 4.82. The maximum absolute atomic E-state index is 11.1. The Morgan fingerprint density at radius 3 is 3.08 bits per heavy atom. The molecule has 0 atom stereocenters. The molecule has 0 spiro atoms. The van der Waals surface area contributed by atoms with E-state index in [1.54, 1.807) is 19.5 Å². The lowest BCUT2D eigenvalue weighted by molar-refractivity contribution is 0.114. The number of thiazole rings is 1. The van der Waals surface area contributed by atoms with Crippen molar-refractivity contribution in [2.45, 2.75) is 13.5 Å². The van der Waals surface area contributed by atoms with Gasteiger partial charge < -0.3 is 9.64 Å². The van der Waals surface area contributed by atoms with Crippen LogP contribution in [0.1, 0.15) is 12.6 Å². The van der Waals surface area contributed by atoms with Gasteiger partial charge in [-0.1, -0.05) is 0 Å². The van der Waals surface area contributed by atoms with Gasteiger partial charge in [-0.25, -0.2) is 9.78 Å². The van der Waals surface area contributed by atoms with E-state index in [-0.39, 0.29) is 6.09 Å². The summed E-state index contributed by atoms with van der Waals surface area (Å²) >= 11 is 1.52. The molecule has 72 valence electrons. The topological polar surface area (TPSA) is 42.4 Å². The van der Waals surface area contributed by atoms with Gasteiger partial charge in [-0.05, 0) is 6.92 Å². The summed E-state index contributed by atoms with van der Waals surface area (Å²) in [5.41, 5.74) is 2.63. The van der Waals surface area contributed by atoms with Crippen LogP contribution in [0.5, 0.6) is 0 Å². The molecular weight excluding hydrogens is 188 g/mol. The first-order chi connectivity index (χ1) is 6.24. The molecule has 0 unspecified atom stereocenters. The minimum Gasteiger partial charge on any atom is -0.450 e. The van der Waals surface area contributed by atoms with Gasteiger partial charge in [0.1, 0.15) is 0 Å². The van der Waals surface area contributed by atoms with Crippen molar-refractivity contribution in [1.29, 1.82) is 0 Å². The van der Waals surface area contributed by atoms with Crippen LogP contribution in [0.15, 0.2) is 10.9 Å². The number of carbonyl (C=O) groups excluding carboxylic acids is 1. The third kappa shape index (κ3) is 3.02. The monoisotopic (exact) mass is 200 g/mol. The first-order valence-electron chi connectivity index (χ1n) is 3.99. The standard InChI is InChI=1S/C8H12N2O2S/c1-3-12-8(11)10(2)4-7-5-13-6-9-7/h5-6H,3-4H2,1-2H3. The second-order valence-corrected chi connectivity index (χ2v) is 3.25. The molecule has 4 nitrogen and oxygen atoms in total. The molecule has 0 saturated heterocycles. The third-order valence-electron chi connectivity index (χ3n) is 1.46. The Kier molecular flexibility index (Phi) is 3.70. The molecule has 1 heterocycles. The SMILES string of the molecule is CCOC(=O)N(C)Cc1cscn1. The maximum Gasteiger partial charge on any atom is 0.409 e. The van der Waals surface area contributed by atoms with Crippen molar-refractivity contribution in [3.8, 4) is 0 Å². The summed E-state index contributed by atoms with van der Waals surface area (Å²) in [6.45, 7) is 2.69. The lowest BCUT2D eigenvalue weighted by Crippen LogP contribution is -2.26. The predicted molar refractivity (Wildman–Crippen MR) is 50.6 cm³/mol. The second-order valence-electron chi connectivity index (χ2n) is 2.53. The largest absolute Gasteiger partial charge is 0.450 e. The fraction of sp³-hybridized carbons (Fsp3) is 0.500. The van der Waals surface area contributed by atoms with Gasteiger partial charge in [0.05, 0.1) is 24.4 Å². The van der Waals surface area contributed by atoms with Gasteiger partial charge in [0, 0.05) is 12.4 Å². The number of ether oxygens (including phenoxy) is 1. The minimum absolute atomic E-state index is 0.310. The van der Waals surface area contributed by atoms with E-state index < -0.39 is 0 Å². The molecule has 0 bridgehead atoms. The van der Waals surface area contributed by atoms with Crippen LogP contribution in [0.3, 0.4) is 0 Å². The van der Waals surface area contributed by atoms with Crippen LogP contribution in [0.4, 0.5) is 4.79 Å². The number of amides is 1. The average molecular weight is 200 g/mol. The van der Waals surface area contributed by atoms with Crippen LogP contribution in [-0.2, 0) is 11.3 Å². The number of hydrogen-bond acceptors (Lipinski definition) is 4. The number of carbonyl (C=O) groups is 1. The van der Waals surface area contributed by atoms with Crippen molar-refractivity contribution >= 4 is 17.4 Å². The van der Waals surface area contributed by atoms with Crippen LogP contribution in [0.2, 0.25) is 0 Å². The van der Waals surface area contributed by atoms with Gasteiger partial charge in [0.15, 0.2) is 0 Å². The van der Waals surface area contributed by atoms with E-state index >= 15 is 0 Å². The first kappa shape index (κ1) is 9.98. The highest BCUT2D eigenvalue weighted by molar-refractivity contribution is 7.07. The van der Waals surface area contributed by atoms with Gasteiger partial charge in [-0.2, -0.15) is 0 Å². The van der Waals surface area contributed by atoms with Crippen LogP contribution in [0, 0.1) is 0 Å². The predicted octanol–water partition coefficient (Wildman–Crippen LogP) is 1.73. The number of rotatable bonds is 3. The van der Waals surface area contributed by atoms with Crippen LogP contribution in [-0.4, -0.2) is 29.6 Å². The average Bonchev–Trinajstić information content (AvgIpc) is 2.57. The normalized spacial score (nSPS) is 9.69. The Morgan fingerprint density at radius 2 is 2.54 bits per heavy atom. The highest BCUT2D eigenvalue weighted by Gasteiger charge is 2.09. The van der Waals surface area contributed by atoms with Crippen molar-refractivity contribution in [3.63, 3.8) is 0 Å². The Morgan fingerprint density at radius 1 is 1.77 bits per heavy atom. The summed E-state index contributed by atoms with van der Waals surface area (Å²) in [5, 5.41) is 1.91. The van der Waals surface area contributed by atoms with Crippen LogP contribution in [0.25, 0.3) is 0 Å². The van der Waals surface area contributed by atoms with E-state index in [0.29, 0.717) is 13.2 Å². The molecular formula is C8H12N2O2S. The van der Waals surface area contributed by atoms with Crippen LogP contribution >= 0.6 is 11.3 Å². The number of hydrogen-bond donors (Lipinski definition) is 0.